The highest BCUT2D eigenvalue weighted by atomic mass is 35.5. The van der Waals surface area contributed by atoms with E-state index in [0.717, 1.165) is 53.8 Å². The Balaban J connectivity index is 1.23. The molecule has 64 heavy (non-hydrogen) atoms. The highest BCUT2D eigenvalue weighted by Gasteiger charge is 2.55. The smallest absolute Gasteiger partial charge is 0.252 e. The number of nitrogens with zero attached hydrogens (tertiary/aromatic N) is 2. The summed E-state index contributed by atoms with van der Waals surface area (Å²) in [5.41, 5.74) is 3.35. The summed E-state index contributed by atoms with van der Waals surface area (Å²) in [4.78, 5) is 11.1. The third-order valence-electron chi connectivity index (χ3n) is 11.0. The van der Waals surface area contributed by atoms with E-state index >= 15 is 0 Å². The number of benzene rings is 8. The van der Waals surface area contributed by atoms with E-state index in [1.165, 1.54) is 21.6 Å². The zero-order valence-corrected chi connectivity index (χ0v) is 39.1. The molecule has 8 aromatic carbocycles. The molecule has 0 aliphatic heterocycles. The molecule has 0 unspecified atom stereocenters. The maximum absolute atomic E-state index is 7.07. The first-order chi connectivity index (χ1) is 31.5. The number of rotatable bonds is 13. The summed E-state index contributed by atoms with van der Waals surface area (Å²) in [6.45, 7) is 0. The van der Waals surface area contributed by atoms with Crippen molar-refractivity contribution in [3.8, 4) is 22.9 Å². The molecule has 0 aliphatic carbocycles. The monoisotopic (exact) mass is 942 g/mol. The first kappa shape index (κ1) is 42.3. The van der Waals surface area contributed by atoms with Crippen molar-refractivity contribution in [1.82, 2.24) is 9.97 Å². The third kappa shape index (κ3) is 7.94. The van der Waals surface area contributed by atoms with Crippen LogP contribution >= 0.6 is 59.3 Å². The normalized spacial score (nSPS) is 11.7. The van der Waals surface area contributed by atoms with Crippen LogP contribution in [0.25, 0.3) is 22.9 Å². The minimum atomic E-state index is -2.73. The molecule has 10 rings (SSSR count). The second-order valence-electron chi connectivity index (χ2n) is 14.8. The van der Waals surface area contributed by atoms with Crippen molar-refractivity contribution in [1.29, 1.82) is 0 Å². The molecule has 2 aromatic heterocycles. The Hall–Kier alpha value is -5.68. The maximum Gasteiger partial charge on any atom is 0.252 e. The minimum Gasteiger partial charge on any atom is -0.424 e. The largest absolute Gasteiger partial charge is 0.424 e. The molecule has 0 saturated heterocycles. The SMILES string of the molecule is Clc1ccc(-c2nc([P+](c3ccccc3)(c3ccccc3)c3ccccc3)c(SSc3oc(-c4ccc(Cl)cc4)nc3[P+](c3ccccc3)(c3ccccc3)c3ccccc3)o2)cc1. The lowest BCUT2D eigenvalue weighted by atomic mass is 10.2. The predicted molar refractivity (Wildman–Crippen MR) is 275 cm³/mol. The average Bonchev–Trinajstić information content (AvgIpc) is 3.99. The van der Waals surface area contributed by atoms with Gasteiger partial charge in [0.15, 0.2) is 14.5 Å². The van der Waals surface area contributed by atoms with Gasteiger partial charge in [0.05, 0.1) is 0 Å². The first-order valence-corrected chi connectivity index (χ1v) is 27.0. The Morgan fingerprint density at radius 1 is 0.312 bits per heavy atom. The zero-order valence-electron chi connectivity index (χ0n) is 34.1. The second-order valence-corrected chi connectivity index (χ2v) is 24.4. The van der Waals surface area contributed by atoms with Crippen LogP contribution in [0.4, 0.5) is 0 Å². The molecule has 0 spiro atoms. The quantitative estimate of drug-likeness (QED) is 0.0848. The van der Waals surface area contributed by atoms with E-state index in [-0.39, 0.29) is 0 Å². The first-order valence-electron chi connectivity index (χ1n) is 20.6. The van der Waals surface area contributed by atoms with Crippen LogP contribution in [-0.4, -0.2) is 9.97 Å². The average molecular weight is 944 g/mol. The van der Waals surface area contributed by atoms with E-state index in [4.69, 9.17) is 42.0 Å². The van der Waals surface area contributed by atoms with Gasteiger partial charge in [0.25, 0.3) is 10.9 Å². The van der Waals surface area contributed by atoms with E-state index in [1.54, 1.807) is 0 Å². The summed E-state index contributed by atoms with van der Waals surface area (Å²) in [5, 5.41) is 9.53. The lowest BCUT2D eigenvalue weighted by molar-refractivity contribution is 0.486. The van der Waals surface area contributed by atoms with Crippen LogP contribution in [0, 0.1) is 0 Å². The Morgan fingerprint density at radius 2 is 0.547 bits per heavy atom. The van der Waals surface area contributed by atoms with Crippen molar-refractivity contribution >= 4 is 102 Å². The molecule has 310 valence electrons. The summed E-state index contributed by atoms with van der Waals surface area (Å²) < 4.78 is 14.1. The van der Waals surface area contributed by atoms with Gasteiger partial charge < -0.3 is 8.83 Å². The molecule has 0 bridgehead atoms. The Morgan fingerprint density at radius 3 is 0.781 bits per heavy atom. The lowest BCUT2D eigenvalue weighted by Crippen LogP contribution is -2.40. The molecular weight excluding hydrogens is 906 g/mol. The van der Waals surface area contributed by atoms with Crippen LogP contribution in [0.1, 0.15) is 0 Å². The summed E-state index contributed by atoms with van der Waals surface area (Å²) in [5.74, 6) is 1.00. The number of hydrogen-bond donors (Lipinski definition) is 0. The van der Waals surface area contributed by atoms with E-state index in [2.05, 4.69) is 182 Å². The van der Waals surface area contributed by atoms with Crippen molar-refractivity contribution in [2.24, 2.45) is 0 Å². The van der Waals surface area contributed by atoms with E-state index in [0.29, 0.717) is 32.0 Å². The van der Waals surface area contributed by atoms with Gasteiger partial charge in [0, 0.05) is 21.2 Å². The molecule has 0 saturated carbocycles. The van der Waals surface area contributed by atoms with Gasteiger partial charge in [0.2, 0.25) is 22.0 Å². The topological polar surface area (TPSA) is 52.1 Å². The minimum absolute atomic E-state index is 0.501. The zero-order chi connectivity index (χ0) is 43.4. The Kier molecular flexibility index (Phi) is 12.4. The highest BCUT2D eigenvalue weighted by Crippen LogP contribution is 2.60. The highest BCUT2D eigenvalue weighted by molar-refractivity contribution is 8.76. The van der Waals surface area contributed by atoms with Gasteiger partial charge in [-0.1, -0.05) is 132 Å². The van der Waals surface area contributed by atoms with E-state index in [9.17, 15) is 0 Å². The number of aromatic nitrogens is 2. The molecule has 4 nitrogen and oxygen atoms in total. The van der Waals surface area contributed by atoms with Gasteiger partial charge in [-0.05, 0) is 143 Å². The van der Waals surface area contributed by atoms with Crippen LogP contribution in [0.3, 0.4) is 0 Å². The van der Waals surface area contributed by atoms with Gasteiger partial charge >= 0.3 is 0 Å². The van der Waals surface area contributed by atoms with Crippen molar-refractivity contribution in [3.63, 3.8) is 0 Å². The standard InChI is InChI=1S/C54H38Cl2N2O2P2S2/c55-41-35-31-39(32-36-41)49-57-51(61(43-19-7-1-8-20-43,44-21-9-2-10-22-44)45-23-11-3-12-24-45)53(59-49)63-64-54-52(58-50(60-54)40-33-37-42(56)38-34-40)62(46-25-13-4-14-26-46,47-27-15-5-16-28-47)48-29-17-6-18-30-48/h1-38H/q+2. The number of hydrogen-bond acceptors (Lipinski definition) is 6. The number of oxazole rings is 2. The van der Waals surface area contributed by atoms with Crippen molar-refractivity contribution < 1.29 is 8.83 Å². The lowest BCUT2D eigenvalue weighted by Gasteiger charge is -2.26. The van der Waals surface area contributed by atoms with Crippen LogP contribution in [0.5, 0.6) is 0 Å². The molecule has 0 radical (unpaired) electrons. The fourth-order valence-corrected chi connectivity index (χ4v) is 19.7. The molecule has 0 fully saturated rings. The molecule has 0 amide bonds. The molecule has 0 N–H and O–H groups in total. The maximum atomic E-state index is 7.07. The van der Waals surface area contributed by atoms with Crippen LogP contribution < -0.4 is 42.7 Å². The van der Waals surface area contributed by atoms with Gasteiger partial charge in [-0.15, -0.1) is 0 Å². The third-order valence-corrected chi connectivity index (χ3v) is 22.2. The molecule has 0 aliphatic rings. The van der Waals surface area contributed by atoms with Gasteiger partial charge in [0.1, 0.15) is 31.8 Å². The van der Waals surface area contributed by atoms with Gasteiger partial charge in [-0.3, -0.25) is 0 Å². The Labute approximate surface area is 391 Å². The summed E-state index contributed by atoms with van der Waals surface area (Å²) in [6.07, 6.45) is 0. The summed E-state index contributed by atoms with van der Waals surface area (Å²) in [7, 11) is -2.43. The predicted octanol–water partition coefficient (Wildman–Crippen LogP) is 12.3. The molecular formula is C54H38Cl2N2O2P2S2+2. The molecule has 10 aromatic rings. The van der Waals surface area contributed by atoms with Crippen LogP contribution in [-0.2, 0) is 0 Å². The van der Waals surface area contributed by atoms with Crippen molar-refractivity contribution in [2.75, 3.05) is 0 Å². The van der Waals surface area contributed by atoms with Crippen molar-refractivity contribution in [2.45, 2.75) is 10.2 Å². The fourth-order valence-electron chi connectivity index (χ4n) is 8.17. The molecule has 10 heteroatoms. The van der Waals surface area contributed by atoms with E-state index in [1.807, 2.05) is 48.5 Å². The van der Waals surface area contributed by atoms with Crippen LogP contribution in [0.15, 0.2) is 250 Å². The summed E-state index contributed by atoms with van der Waals surface area (Å²) in [6, 6.07) is 79.6. The van der Waals surface area contributed by atoms with Gasteiger partial charge in [-0.2, -0.15) is 9.97 Å². The Bertz CT molecular complexity index is 2700. The van der Waals surface area contributed by atoms with Crippen LogP contribution in [0.2, 0.25) is 10.0 Å². The van der Waals surface area contributed by atoms with Crippen molar-refractivity contribution in [3.05, 3.63) is 241 Å². The molecule has 2 heterocycles. The fraction of sp³-hybridized carbons (Fsp3) is 0. The molecule has 0 atom stereocenters. The summed E-state index contributed by atoms with van der Waals surface area (Å²) >= 11 is 12.9. The van der Waals surface area contributed by atoms with Gasteiger partial charge in [-0.25, -0.2) is 0 Å². The second kappa shape index (κ2) is 18.8. The number of halogens is 2. The van der Waals surface area contributed by atoms with E-state index < -0.39 is 14.5 Å².